The first-order valence-corrected chi connectivity index (χ1v) is 9.46. The first-order valence-electron chi connectivity index (χ1n) is 9.46. The van der Waals surface area contributed by atoms with Gasteiger partial charge in [0.15, 0.2) is 0 Å². The summed E-state index contributed by atoms with van der Waals surface area (Å²) in [5.74, 6) is 0.407. The molecule has 0 aliphatic heterocycles. The summed E-state index contributed by atoms with van der Waals surface area (Å²) in [6, 6.07) is 13.4. The fourth-order valence-corrected chi connectivity index (χ4v) is 3.35. The van der Waals surface area contributed by atoms with E-state index in [1.54, 1.807) is 17.7 Å². The maximum atomic E-state index is 12.6. The number of aromatic nitrogens is 4. The minimum absolute atomic E-state index is 0.130. The first-order chi connectivity index (χ1) is 13.9. The number of H-pyrrole nitrogens is 1. The lowest BCUT2D eigenvalue weighted by molar-refractivity contribution is 0.0951. The van der Waals surface area contributed by atoms with Gasteiger partial charge < -0.3 is 15.4 Å². The van der Waals surface area contributed by atoms with Crippen molar-refractivity contribution in [1.29, 1.82) is 0 Å². The Hall–Kier alpha value is -3.45. The summed E-state index contributed by atoms with van der Waals surface area (Å²) in [7, 11) is 1.86. The molecule has 0 aliphatic carbocycles. The molecular weight excluding hydrogens is 366 g/mol. The van der Waals surface area contributed by atoms with Crippen molar-refractivity contribution in [3.05, 3.63) is 71.3 Å². The quantitative estimate of drug-likeness (QED) is 0.488. The number of carbonyl (C=O) groups excluding carboxylic acids is 1. The summed E-state index contributed by atoms with van der Waals surface area (Å²) in [5, 5.41) is 17.0. The molecule has 2 heterocycles. The number of imidazole rings is 1. The number of amides is 1. The Bertz CT molecular complexity index is 1190. The number of aliphatic hydroxyl groups excluding tert-OH is 1. The van der Waals surface area contributed by atoms with Crippen LogP contribution in [-0.2, 0) is 13.6 Å². The average molecular weight is 389 g/mol. The van der Waals surface area contributed by atoms with Crippen LogP contribution in [0.2, 0.25) is 0 Å². The van der Waals surface area contributed by atoms with Crippen LogP contribution in [0.25, 0.3) is 22.2 Å². The van der Waals surface area contributed by atoms with E-state index in [-0.39, 0.29) is 5.91 Å². The number of hydrogen-bond donors (Lipinski definition) is 3. The van der Waals surface area contributed by atoms with E-state index in [0.29, 0.717) is 17.9 Å². The molecule has 29 heavy (non-hydrogen) atoms. The van der Waals surface area contributed by atoms with Gasteiger partial charge in [-0.1, -0.05) is 18.2 Å². The molecule has 148 valence electrons. The molecule has 0 saturated heterocycles. The van der Waals surface area contributed by atoms with E-state index in [1.807, 2.05) is 56.6 Å². The molecule has 4 aromatic rings. The van der Waals surface area contributed by atoms with Crippen LogP contribution in [0.4, 0.5) is 0 Å². The van der Waals surface area contributed by atoms with E-state index in [0.717, 1.165) is 33.4 Å². The van der Waals surface area contributed by atoms with E-state index in [4.69, 9.17) is 0 Å². The van der Waals surface area contributed by atoms with Crippen LogP contribution in [0, 0.1) is 6.92 Å². The maximum absolute atomic E-state index is 12.6. The maximum Gasteiger partial charge on any atom is 0.251 e. The average Bonchev–Trinajstić information content (AvgIpc) is 3.28. The molecule has 0 aliphatic rings. The van der Waals surface area contributed by atoms with Crippen molar-refractivity contribution in [3.8, 4) is 11.1 Å². The zero-order chi connectivity index (χ0) is 20.5. The van der Waals surface area contributed by atoms with Gasteiger partial charge in [0.1, 0.15) is 11.9 Å². The van der Waals surface area contributed by atoms with Gasteiger partial charge in [0.05, 0.1) is 16.7 Å². The van der Waals surface area contributed by atoms with Crippen LogP contribution >= 0.6 is 0 Å². The number of rotatable bonds is 5. The molecule has 1 amide bonds. The summed E-state index contributed by atoms with van der Waals surface area (Å²) in [6.07, 6.45) is 1.26. The lowest BCUT2D eigenvalue weighted by Gasteiger charge is -2.07. The van der Waals surface area contributed by atoms with Gasteiger partial charge in [0.2, 0.25) is 0 Å². The number of fused-ring (bicyclic) bond motifs is 1. The van der Waals surface area contributed by atoms with E-state index in [1.165, 1.54) is 0 Å². The van der Waals surface area contributed by atoms with E-state index in [2.05, 4.69) is 20.4 Å². The van der Waals surface area contributed by atoms with Crippen LogP contribution in [0.1, 0.15) is 40.5 Å². The molecule has 2 aromatic carbocycles. The monoisotopic (exact) mass is 389 g/mol. The fourth-order valence-electron chi connectivity index (χ4n) is 3.35. The number of nitrogens with one attached hydrogen (secondary N) is 2. The number of aromatic amines is 1. The van der Waals surface area contributed by atoms with Gasteiger partial charge in [0, 0.05) is 30.9 Å². The molecule has 0 spiro atoms. The highest BCUT2D eigenvalue weighted by atomic mass is 16.3. The molecule has 0 bridgehead atoms. The molecule has 3 N–H and O–H groups in total. The van der Waals surface area contributed by atoms with Crippen molar-refractivity contribution in [3.63, 3.8) is 0 Å². The van der Waals surface area contributed by atoms with Crippen LogP contribution < -0.4 is 5.32 Å². The number of nitrogens with zero attached hydrogens (tertiary/aromatic N) is 3. The Morgan fingerprint density at radius 1 is 1.24 bits per heavy atom. The van der Waals surface area contributed by atoms with Gasteiger partial charge >= 0.3 is 0 Å². The standard InChI is InChI=1S/C22H23N5O2/c1-13-18(12-27(3)26-13)11-23-22(29)17-6-4-5-15(9-17)16-7-8-19-20(10-16)25-21(24-19)14(2)28/h4-10,12,14,28H,11H2,1-3H3,(H,23,29)(H,24,25). The summed E-state index contributed by atoms with van der Waals surface area (Å²) in [4.78, 5) is 20.1. The number of aliphatic hydroxyl groups is 1. The second-order valence-electron chi connectivity index (χ2n) is 7.21. The predicted molar refractivity (Wildman–Crippen MR) is 111 cm³/mol. The van der Waals surface area contributed by atoms with Crippen molar-refractivity contribution in [2.45, 2.75) is 26.5 Å². The zero-order valence-corrected chi connectivity index (χ0v) is 16.6. The molecule has 1 atom stereocenters. The van der Waals surface area contributed by atoms with E-state index < -0.39 is 6.10 Å². The SMILES string of the molecule is Cc1nn(C)cc1CNC(=O)c1cccc(-c2ccc3nc(C(C)O)[nH]c3c2)c1. The zero-order valence-electron chi connectivity index (χ0n) is 16.6. The highest BCUT2D eigenvalue weighted by molar-refractivity contribution is 5.95. The molecule has 2 aromatic heterocycles. The van der Waals surface area contributed by atoms with Crippen molar-refractivity contribution in [2.24, 2.45) is 7.05 Å². The van der Waals surface area contributed by atoms with E-state index in [9.17, 15) is 9.90 Å². The van der Waals surface area contributed by atoms with Crippen molar-refractivity contribution < 1.29 is 9.90 Å². The van der Waals surface area contributed by atoms with Gasteiger partial charge in [-0.05, 0) is 49.2 Å². The van der Waals surface area contributed by atoms with E-state index >= 15 is 0 Å². The van der Waals surface area contributed by atoms with Gasteiger partial charge in [-0.25, -0.2) is 4.98 Å². The van der Waals surface area contributed by atoms with Crippen molar-refractivity contribution >= 4 is 16.9 Å². The molecular formula is C22H23N5O2. The predicted octanol–water partition coefficient (Wildman–Crippen LogP) is 3.26. The summed E-state index contributed by atoms with van der Waals surface area (Å²) in [5.41, 5.74) is 6.05. The topological polar surface area (TPSA) is 95.8 Å². The highest BCUT2D eigenvalue weighted by Crippen LogP contribution is 2.25. The third kappa shape index (κ3) is 3.90. The Morgan fingerprint density at radius 3 is 2.76 bits per heavy atom. The number of carbonyl (C=O) groups is 1. The minimum atomic E-state index is -0.652. The van der Waals surface area contributed by atoms with Gasteiger partial charge in [-0.3, -0.25) is 9.48 Å². The number of hydrogen-bond acceptors (Lipinski definition) is 4. The molecule has 0 saturated carbocycles. The molecule has 0 fully saturated rings. The summed E-state index contributed by atoms with van der Waals surface area (Å²) >= 11 is 0. The molecule has 7 nitrogen and oxygen atoms in total. The Morgan fingerprint density at radius 2 is 2.03 bits per heavy atom. The second-order valence-corrected chi connectivity index (χ2v) is 7.21. The molecule has 1 unspecified atom stereocenters. The molecule has 7 heteroatoms. The normalized spacial score (nSPS) is 12.3. The minimum Gasteiger partial charge on any atom is -0.385 e. The van der Waals surface area contributed by atoms with Crippen LogP contribution in [-0.4, -0.2) is 30.8 Å². The molecule has 0 radical (unpaired) electrons. The summed E-state index contributed by atoms with van der Waals surface area (Å²) in [6.45, 7) is 4.04. The third-order valence-electron chi connectivity index (χ3n) is 4.91. The Balaban J connectivity index is 1.55. The lowest BCUT2D eigenvalue weighted by atomic mass is 10.0. The van der Waals surface area contributed by atoms with Crippen molar-refractivity contribution in [1.82, 2.24) is 25.1 Å². The lowest BCUT2D eigenvalue weighted by Crippen LogP contribution is -2.22. The third-order valence-corrected chi connectivity index (χ3v) is 4.91. The van der Waals surface area contributed by atoms with Crippen LogP contribution in [0.3, 0.4) is 0 Å². The second kappa shape index (κ2) is 7.52. The fraction of sp³-hybridized carbons (Fsp3) is 0.227. The summed E-state index contributed by atoms with van der Waals surface area (Å²) < 4.78 is 1.74. The Kier molecular flexibility index (Phi) is 4.90. The number of aryl methyl sites for hydroxylation is 2. The largest absolute Gasteiger partial charge is 0.385 e. The van der Waals surface area contributed by atoms with Gasteiger partial charge in [0.25, 0.3) is 5.91 Å². The van der Waals surface area contributed by atoms with Crippen molar-refractivity contribution in [2.75, 3.05) is 0 Å². The smallest absolute Gasteiger partial charge is 0.251 e. The van der Waals surface area contributed by atoms with Gasteiger partial charge in [-0.2, -0.15) is 5.10 Å². The molecule has 4 rings (SSSR count). The first kappa shape index (κ1) is 18.9. The Labute approximate surface area is 168 Å². The number of benzene rings is 2. The van der Waals surface area contributed by atoms with Crippen LogP contribution in [0.15, 0.2) is 48.7 Å². The van der Waals surface area contributed by atoms with Gasteiger partial charge in [-0.15, -0.1) is 0 Å². The van der Waals surface area contributed by atoms with Crippen LogP contribution in [0.5, 0.6) is 0 Å². The highest BCUT2D eigenvalue weighted by Gasteiger charge is 2.11.